The molecule has 1 fully saturated rings. The second-order valence-corrected chi connectivity index (χ2v) is 6.77. The maximum atomic E-state index is 14.5. The molecule has 1 aliphatic carbocycles. The number of hydrogen-bond acceptors (Lipinski definition) is 6. The standard InChI is InChI=1S/C18H23FN6O2/c1-25-9-10(6-7-15(25)26)22-17-11(16(21)27)8-12(19)18(24-17)23-14-5-3-2-4-13(14)20/h6-9,13-14H,2-5,20H2,1H3,(H2,21,27)(H2,22,23,24)/t13-,14+/m0/s1. The number of carbonyl (C=O) groups excluding carboxylic acids is 1. The summed E-state index contributed by atoms with van der Waals surface area (Å²) in [6, 6.07) is 3.79. The van der Waals surface area contributed by atoms with Crippen molar-refractivity contribution in [2.75, 3.05) is 10.6 Å². The lowest BCUT2D eigenvalue weighted by molar-refractivity contribution is 0.100. The second kappa shape index (κ2) is 7.75. The van der Waals surface area contributed by atoms with E-state index in [1.165, 1.54) is 10.6 Å². The van der Waals surface area contributed by atoms with Gasteiger partial charge in [-0.2, -0.15) is 0 Å². The molecule has 2 atom stereocenters. The number of halogens is 1. The van der Waals surface area contributed by atoms with E-state index >= 15 is 0 Å². The highest BCUT2D eigenvalue weighted by Gasteiger charge is 2.24. The lowest BCUT2D eigenvalue weighted by Crippen LogP contribution is -2.43. The van der Waals surface area contributed by atoms with Crippen LogP contribution in [0.15, 0.2) is 29.2 Å². The Kier molecular flexibility index (Phi) is 5.41. The molecule has 9 heteroatoms. The molecular weight excluding hydrogens is 351 g/mol. The van der Waals surface area contributed by atoms with E-state index in [9.17, 15) is 14.0 Å². The number of pyridine rings is 2. The minimum atomic E-state index is -0.811. The highest BCUT2D eigenvalue weighted by molar-refractivity contribution is 5.98. The van der Waals surface area contributed by atoms with Crippen molar-refractivity contribution in [3.63, 3.8) is 0 Å². The lowest BCUT2D eigenvalue weighted by Gasteiger charge is -2.30. The first-order chi connectivity index (χ1) is 12.8. The van der Waals surface area contributed by atoms with Crippen LogP contribution in [0, 0.1) is 5.82 Å². The molecule has 8 nitrogen and oxygen atoms in total. The van der Waals surface area contributed by atoms with Crippen molar-refractivity contribution in [2.45, 2.75) is 37.8 Å². The van der Waals surface area contributed by atoms with Crippen LogP contribution in [-0.2, 0) is 7.05 Å². The summed E-state index contributed by atoms with van der Waals surface area (Å²) in [6.45, 7) is 0. The van der Waals surface area contributed by atoms with Gasteiger partial charge in [-0.25, -0.2) is 9.37 Å². The quantitative estimate of drug-likeness (QED) is 0.627. The van der Waals surface area contributed by atoms with Crippen LogP contribution < -0.4 is 27.7 Å². The van der Waals surface area contributed by atoms with E-state index in [-0.39, 0.29) is 34.8 Å². The van der Waals surface area contributed by atoms with E-state index < -0.39 is 11.7 Å². The summed E-state index contributed by atoms with van der Waals surface area (Å²) in [4.78, 5) is 27.5. The van der Waals surface area contributed by atoms with Gasteiger partial charge < -0.3 is 26.7 Å². The van der Waals surface area contributed by atoms with Gasteiger partial charge in [0.2, 0.25) is 5.56 Å². The Hall–Kier alpha value is -2.94. The second-order valence-electron chi connectivity index (χ2n) is 6.77. The highest BCUT2D eigenvalue weighted by Crippen LogP contribution is 2.26. The average molecular weight is 374 g/mol. The zero-order valence-electron chi connectivity index (χ0n) is 15.0. The molecule has 2 aromatic heterocycles. The summed E-state index contributed by atoms with van der Waals surface area (Å²) >= 11 is 0. The zero-order chi connectivity index (χ0) is 19.6. The smallest absolute Gasteiger partial charge is 0.252 e. The predicted octanol–water partition coefficient (Wildman–Crippen LogP) is 1.44. The molecule has 0 radical (unpaired) electrons. The fraction of sp³-hybridized carbons (Fsp3) is 0.389. The summed E-state index contributed by atoms with van der Waals surface area (Å²) in [5, 5.41) is 5.98. The highest BCUT2D eigenvalue weighted by atomic mass is 19.1. The SMILES string of the molecule is Cn1cc(Nc2nc(N[C@@H]3CCCC[C@@H]3N)c(F)cc2C(N)=O)ccc1=O. The first kappa shape index (κ1) is 18.8. The number of nitrogens with zero attached hydrogens (tertiary/aromatic N) is 2. The summed E-state index contributed by atoms with van der Waals surface area (Å²) in [5.41, 5.74) is 11.7. The van der Waals surface area contributed by atoms with Crippen molar-refractivity contribution in [2.24, 2.45) is 18.5 Å². The third kappa shape index (κ3) is 4.25. The molecule has 1 saturated carbocycles. The molecule has 0 aliphatic heterocycles. The molecule has 3 rings (SSSR count). The maximum absolute atomic E-state index is 14.5. The van der Waals surface area contributed by atoms with Crippen molar-refractivity contribution in [3.05, 3.63) is 46.1 Å². The predicted molar refractivity (Wildman–Crippen MR) is 102 cm³/mol. The molecule has 1 amide bonds. The van der Waals surface area contributed by atoms with E-state index in [4.69, 9.17) is 11.5 Å². The van der Waals surface area contributed by atoms with Crippen LogP contribution in [-0.4, -0.2) is 27.5 Å². The number of nitrogens with one attached hydrogen (secondary N) is 2. The van der Waals surface area contributed by atoms with Crippen LogP contribution >= 0.6 is 0 Å². The van der Waals surface area contributed by atoms with E-state index in [1.807, 2.05) is 0 Å². The van der Waals surface area contributed by atoms with Gasteiger partial charge in [-0.15, -0.1) is 0 Å². The first-order valence-electron chi connectivity index (χ1n) is 8.81. The van der Waals surface area contributed by atoms with Gasteiger partial charge in [-0.1, -0.05) is 12.8 Å². The molecule has 6 N–H and O–H groups in total. The molecule has 0 aromatic carbocycles. The fourth-order valence-corrected chi connectivity index (χ4v) is 3.19. The Balaban J connectivity index is 1.94. The van der Waals surface area contributed by atoms with Gasteiger partial charge in [-0.05, 0) is 25.0 Å². The largest absolute Gasteiger partial charge is 0.365 e. The Labute approximate surface area is 155 Å². The summed E-state index contributed by atoms with van der Waals surface area (Å²) in [6.07, 6.45) is 5.29. The number of carbonyl (C=O) groups is 1. The molecule has 0 saturated heterocycles. The number of rotatable bonds is 5. The normalized spacial score (nSPS) is 19.5. The Morgan fingerprint density at radius 3 is 2.70 bits per heavy atom. The Morgan fingerprint density at radius 1 is 1.30 bits per heavy atom. The van der Waals surface area contributed by atoms with Crippen LogP contribution in [0.2, 0.25) is 0 Å². The zero-order valence-corrected chi connectivity index (χ0v) is 15.0. The maximum Gasteiger partial charge on any atom is 0.252 e. The molecule has 144 valence electrons. The first-order valence-corrected chi connectivity index (χ1v) is 8.81. The number of primary amides is 1. The molecule has 1 aliphatic rings. The van der Waals surface area contributed by atoms with Crippen LogP contribution in [0.1, 0.15) is 36.0 Å². The Morgan fingerprint density at radius 2 is 2.04 bits per heavy atom. The van der Waals surface area contributed by atoms with Crippen molar-refractivity contribution < 1.29 is 9.18 Å². The van der Waals surface area contributed by atoms with Gasteiger partial charge in [0.05, 0.1) is 11.3 Å². The van der Waals surface area contributed by atoms with E-state index in [0.29, 0.717) is 5.69 Å². The molecular formula is C18H23FN6O2. The molecule has 0 spiro atoms. The van der Waals surface area contributed by atoms with Gasteiger partial charge in [0.1, 0.15) is 5.82 Å². The van der Waals surface area contributed by atoms with Gasteiger partial charge in [0.25, 0.3) is 5.91 Å². The van der Waals surface area contributed by atoms with Crippen LogP contribution in [0.3, 0.4) is 0 Å². The summed E-state index contributed by atoms with van der Waals surface area (Å²) < 4.78 is 15.9. The molecule has 2 aromatic rings. The average Bonchev–Trinajstić information content (AvgIpc) is 2.62. The number of amides is 1. The third-order valence-corrected chi connectivity index (χ3v) is 4.73. The van der Waals surface area contributed by atoms with Crippen LogP contribution in [0.25, 0.3) is 0 Å². The molecule has 0 bridgehead atoms. The number of anilines is 3. The molecule has 2 heterocycles. The lowest BCUT2D eigenvalue weighted by atomic mass is 9.91. The topological polar surface area (TPSA) is 128 Å². The minimum absolute atomic E-state index is 0.00895. The number of aromatic nitrogens is 2. The molecule has 0 unspecified atom stereocenters. The van der Waals surface area contributed by atoms with Crippen molar-refractivity contribution in [1.82, 2.24) is 9.55 Å². The number of nitrogens with two attached hydrogens (primary N) is 2. The fourth-order valence-electron chi connectivity index (χ4n) is 3.19. The van der Waals surface area contributed by atoms with Gasteiger partial charge in [-0.3, -0.25) is 9.59 Å². The van der Waals surface area contributed by atoms with Gasteiger partial charge in [0, 0.05) is 31.4 Å². The Bertz CT molecular complexity index is 913. The van der Waals surface area contributed by atoms with Gasteiger partial charge >= 0.3 is 0 Å². The van der Waals surface area contributed by atoms with E-state index in [2.05, 4.69) is 15.6 Å². The van der Waals surface area contributed by atoms with Crippen molar-refractivity contribution in [3.8, 4) is 0 Å². The monoisotopic (exact) mass is 374 g/mol. The van der Waals surface area contributed by atoms with Crippen molar-refractivity contribution >= 4 is 23.2 Å². The van der Waals surface area contributed by atoms with Crippen molar-refractivity contribution in [1.29, 1.82) is 0 Å². The van der Waals surface area contributed by atoms with E-state index in [1.54, 1.807) is 19.3 Å². The van der Waals surface area contributed by atoms with Crippen LogP contribution in [0.5, 0.6) is 0 Å². The number of aryl methyl sites for hydroxylation is 1. The third-order valence-electron chi connectivity index (χ3n) is 4.73. The van der Waals surface area contributed by atoms with Crippen LogP contribution in [0.4, 0.5) is 21.7 Å². The molecule has 27 heavy (non-hydrogen) atoms. The summed E-state index contributed by atoms with van der Waals surface area (Å²) in [7, 11) is 1.60. The number of hydrogen-bond donors (Lipinski definition) is 4. The summed E-state index contributed by atoms with van der Waals surface area (Å²) in [5.74, 6) is -1.37. The minimum Gasteiger partial charge on any atom is -0.365 e. The van der Waals surface area contributed by atoms with Gasteiger partial charge in [0.15, 0.2) is 11.6 Å². The van der Waals surface area contributed by atoms with E-state index in [0.717, 1.165) is 31.7 Å².